The van der Waals surface area contributed by atoms with Crippen LogP contribution in [0.3, 0.4) is 0 Å². The zero-order valence-corrected chi connectivity index (χ0v) is 15.0. The van der Waals surface area contributed by atoms with Crippen molar-refractivity contribution in [3.8, 4) is 11.5 Å². The Morgan fingerprint density at radius 1 is 1.00 bits per heavy atom. The van der Waals surface area contributed by atoms with Crippen molar-refractivity contribution in [2.45, 2.75) is 12.8 Å². The van der Waals surface area contributed by atoms with Crippen molar-refractivity contribution in [1.29, 1.82) is 0 Å². The Morgan fingerprint density at radius 2 is 1.74 bits per heavy atom. The highest BCUT2D eigenvalue weighted by molar-refractivity contribution is 6.07. The van der Waals surface area contributed by atoms with Gasteiger partial charge in [0.15, 0.2) is 11.5 Å². The number of nitrogens with one attached hydrogen (secondary N) is 1. The van der Waals surface area contributed by atoms with E-state index in [0.29, 0.717) is 28.3 Å². The van der Waals surface area contributed by atoms with E-state index in [2.05, 4.69) is 10.2 Å². The smallest absolute Gasteiger partial charge is 0.337 e. The molecule has 7 nitrogen and oxygen atoms in total. The summed E-state index contributed by atoms with van der Waals surface area (Å²) >= 11 is 0. The maximum absolute atomic E-state index is 12.8. The Bertz CT molecular complexity index is 890. The molecule has 0 unspecified atom stereocenters. The first kappa shape index (κ1) is 17.2. The first-order valence-corrected chi connectivity index (χ1v) is 8.84. The largest absolute Gasteiger partial charge is 0.465 e. The highest BCUT2D eigenvalue weighted by Gasteiger charge is 2.21. The monoisotopic (exact) mass is 368 g/mol. The Hall–Kier alpha value is -3.22. The molecule has 2 heterocycles. The van der Waals surface area contributed by atoms with Crippen molar-refractivity contribution in [2.24, 2.45) is 0 Å². The molecular formula is C20H20N2O5. The summed E-state index contributed by atoms with van der Waals surface area (Å²) in [4.78, 5) is 26.9. The fraction of sp³-hybridized carbons (Fsp3) is 0.300. The predicted octanol–water partition coefficient (Wildman–Crippen LogP) is 3.05. The molecular weight excluding hydrogens is 348 g/mol. The lowest BCUT2D eigenvalue weighted by atomic mass is 10.1. The molecule has 2 aliphatic heterocycles. The van der Waals surface area contributed by atoms with Gasteiger partial charge >= 0.3 is 5.97 Å². The average Bonchev–Trinajstić information content (AvgIpc) is 3.38. The second kappa shape index (κ2) is 7.19. The number of hydrogen-bond donors (Lipinski definition) is 1. The molecule has 140 valence electrons. The molecule has 2 aromatic rings. The van der Waals surface area contributed by atoms with Gasteiger partial charge in [0.05, 0.1) is 24.0 Å². The van der Waals surface area contributed by atoms with Crippen LogP contribution in [0.2, 0.25) is 0 Å². The quantitative estimate of drug-likeness (QED) is 0.836. The molecule has 2 aromatic carbocycles. The molecule has 7 heteroatoms. The summed E-state index contributed by atoms with van der Waals surface area (Å²) in [6.45, 7) is 2.00. The van der Waals surface area contributed by atoms with E-state index in [1.165, 1.54) is 7.11 Å². The normalized spacial score (nSPS) is 14.9. The van der Waals surface area contributed by atoms with Crippen LogP contribution in [0.4, 0.5) is 11.4 Å². The third-order valence-corrected chi connectivity index (χ3v) is 4.75. The molecule has 27 heavy (non-hydrogen) atoms. The third-order valence-electron chi connectivity index (χ3n) is 4.75. The number of anilines is 2. The number of nitrogens with zero attached hydrogens (tertiary/aromatic N) is 1. The standard InChI is InChI=1S/C20H20N2O5/c1-25-20(24)14-4-6-16(22-8-2-3-9-22)15(10-14)21-19(23)13-5-7-17-18(11-13)27-12-26-17/h4-7,10-11H,2-3,8-9,12H2,1H3,(H,21,23). The topological polar surface area (TPSA) is 77.1 Å². The van der Waals surface area contributed by atoms with Crippen LogP contribution in [-0.2, 0) is 4.74 Å². The lowest BCUT2D eigenvalue weighted by molar-refractivity contribution is 0.0600. The van der Waals surface area contributed by atoms with Crippen LogP contribution in [0.5, 0.6) is 11.5 Å². The molecule has 0 spiro atoms. The number of hydrogen-bond acceptors (Lipinski definition) is 6. The van der Waals surface area contributed by atoms with Gasteiger partial charge in [-0.15, -0.1) is 0 Å². The Morgan fingerprint density at radius 3 is 2.52 bits per heavy atom. The van der Waals surface area contributed by atoms with Crippen LogP contribution >= 0.6 is 0 Å². The molecule has 0 saturated carbocycles. The van der Waals surface area contributed by atoms with Crippen molar-refractivity contribution in [2.75, 3.05) is 37.2 Å². The third kappa shape index (κ3) is 3.40. The van der Waals surface area contributed by atoms with Gasteiger partial charge in [0, 0.05) is 18.7 Å². The number of amides is 1. The second-order valence-electron chi connectivity index (χ2n) is 6.44. The van der Waals surface area contributed by atoms with Crippen LogP contribution in [0.15, 0.2) is 36.4 Å². The van der Waals surface area contributed by atoms with Gasteiger partial charge in [0.2, 0.25) is 6.79 Å². The van der Waals surface area contributed by atoms with Gasteiger partial charge in [-0.05, 0) is 49.2 Å². The van der Waals surface area contributed by atoms with Crippen LogP contribution in [-0.4, -0.2) is 38.9 Å². The minimum Gasteiger partial charge on any atom is -0.465 e. The summed E-state index contributed by atoms with van der Waals surface area (Å²) in [5, 5.41) is 2.93. The lowest BCUT2D eigenvalue weighted by Crippen LogP contribution is -2.21. The van der Waals surface area contributed by atoms with Gasteiger partial charge < -0.3 is 24.4 Å². The number of carbonyl (C=O) groups is 2. The van der Waals surface area contributed by atoms with Crippen molar-refractivity contribution in [1.82, 2.24) is 0 Å². The van der Waals surface area contributed by atoms with E-state index in [-0.39, 0.29) is 12.7 Å². The number of ether oxygens (including phenoxy) is 3. The second-order valence-corrected chi connectivity index (χ2v) is 6.44. The predicted molar refractivity (Wildman–Crippen MR) is 99.7 cm³/mol. The van der Waals surface area contributed by atoms with E-state index >= 15 is 0 Å². The van der Waals surface area contributed by atoms with E-state index < -0.39 is 5.97 Å². The number of benzene rings is 2. The molecule has 1 amide bonds. The minimum absolute atomic E-state index is 0.153. The number of esters is 1. The summed E-state index contributed by atoms with van der Waals surface area (Å²) < 4.78 is 15.4. The van der Waals surface area contributed by atoms with Gasteiger partial charge in [-0.25, -0.2) is 4.79 Å². The number of rotatable bonds is 4. The fourth-order valence-electron chi connectivity index (χ4n) is 3.35. The Kier molecular flexibility index (Phi) is 4.58. The van der Waals surface area contributed by atoms with E-state index in [1.807, 2.05) is 6.07 Å². The Balaban J connectivity index is 1.64. The number of fused-ring (bicyclic) bond motifs is 1. The van der Waals surface area contributed by atoms with Crippen molar-refractivity contribution >= 4 is 23.3 Å². The highest BCUT2D eigenvalue weighted by atomic mass is 16.7. The summed E-state index contributed by atoms with van der Waals surface area (Å²) in [5.74, 6) is 0.444. The summed E-state index contributed by atoms with van der Waals surface area (Å²) in [5.41, 5.74) is 2.33. The first-order chi connectivity index (χ1) is 13.2. The molecule has 1 fully saturated rings. The summed E-state index contributed by atoms with van der Waals surface area (Å²) in [6.07, 6.45) is 2.21. The molecule has 1 N–H and O–H groups in total. The first-order valence-electron chi connectivity index (χ1n) is 8.84. The lowest BCUT2D eigenvalue weighted by Gasteiger charge is -2.22. The van der Waals surface area contributed by atoms with E-state index in [1.54, 1.807) is 30.3 Å². The molecule has 1 saturated heterocycles. The van der Waals surface area contributed by atoms with Gasteiger partial charge in [0.25, 0.3) is 5.91 Å². The maximum Gasteiger partial charge on any atom is 0.337 e. The van der Waals surface area contributed by atoms with Crippen LogP contribution in [0.25, 0.3) is 0 Å². The number of carbonyl (C=O) groups excluding carboxylic acids is 2. The molecule has 0 bridgehead atoms. The minimum atomic E-state index is -0.443. The molecule has 4 rings (SSSR count). The van der Waals surface area contributed by atoms with Gasteiger partial charge in [-0.2, -0.15) is 0 Å². The molecule has 0 aromatic heterocycles. The molecule has 0 radical (unpaired) electrons. The van der Waals surface area contributed by atoms with Crippen molar-refractivity contribution in [3.05, 3.63) is 47.5 Å². The van der Waals surface area contributed by atoms with Crippen molar-refractivity contribution in [3.63, 3.8) is 0 Å². The van der Waals surface area contributed by atoms with E-state index in [0.717, 1.165) is 31.6 Å². The van der Waals surface area contributed by atoms with Gasteiger partial charge in [-0.3, -0.25) is 4.79 Å². The summed E-state index contributed by atoms with van der Waals surface area (Å²) in [6, 6.07) is 10.3. The van der Waals surface area contributed by atoms with E-state index in [4.69, 9.17) is 14.2 Å². The highest BCUT2D eigenvalue weighted by Crippen LogP contribution is 2.34. The maximum atomic E-state index is 12.8. The fourth-order valence-corrected chi connectivity index (χ4v) is 3.35. The van der Waals surface area contributed by atoms with Crippen LogP contribution < -0.4 is 19.7 Å². The van der Waals surface area contributed by atoms with Crippen LogP contribution in [0.1, 0.15) is 33.6 Å². The van der Waals surface area contributed by atoms with Crippen LogP contribution in [0, 0.1) is 0 Å². The van der Waals surface area contributed by atoms with Crippen molar-refractivity contribution < 1.29 is 23.8 Å². The zero-order chi connectivity index (χ0) is 18.8. The molecule has 0 atom stereocenters. The average molecular weight is 368 g/mol. The SMILES string of the molecule is COC(=O)c1ccc(N2CCCC2)c(NC(=O)c2ccc3c(c2)OCO3)c1. The Labute approximate surface area is 156 Å². The van der Waals surface area contributed by atoms with E-state index in [9.17, 15) is 9.59 Å². The molecule has 0 aliphatic carbocycles. The number of methoxy groups -OCH3 is 1. The zero-order valence-electron chi connectivity index (χ0n) is 15.0. The van der Waals surface area contributed by atoms with Gasteiger partial charge in [-0.1, -0.05) is 0 Å². The van der Waals surface area contributed by atoms with Gasteiger partial charge in [0.1, 0.15) is 0 Å². The molecule has 2 aliphatic rings. The summed E-state index contributed by atoms with van der Waals surface area (Å²) in [7, 11) is 1.33.